The van der Waals surface area contributed by atoms with Crippen molar-refractivity contribution in [3.8, 4) is 11.5 Å². The minimum absolute atomic E-state index is 0.0241. The lowest BCUT2D eigenvalue weighted by Crippen LogP contribution is -2.26. The number of rotatable bonds is 7. The summed E-state index contributed by atoms with van der Waals surface area (Å²) in [6.07, 6.45) is 0.621. The number of aliphatic imine (C=N–C) groups is 1. The molecule has 4 rings (SSSR count). The SMILES string of the molecule is COc1ccc(CCNC(=O)c2cccc(NC3=N[C@H]4CS(=O)(=O)C[C@H]4S3)c2)c(OC)c1. The summed E-state index contributed by atoms with van der Waals surface area (Å²) in [6.45, 7) is 0.458. The molecule has 0 saturated carbocycles. The number of amides is 1. The third-order valence-electron chi connectivity index (χ3n) is 5.37. The van der Waals surface area contributed by atoms with Gasteiger partial charge in [-0.05, 0) is 36.2 Å². The zero-order valence-corrected chi connectivity index (χ0v) is 19.5. The van der Waals surface area contributed by atoms with Crippen molar-refractivity contribution >= 4 is 38.4 Å². The van der Waals surface area contributed by atoms with Crippen molar-refractivity contribution in [2.75, 3.05) is 37.6 Å². The van der Waals surface area contributed by atoms with E-state index in [1.165, 1.54) is 11.8 Å². The third kappa shape index (κ3) is 5.18. The summed E-state index contributed by atoms with van der Waals surface area (Å²) >= 11 is 1.45. The molecule has 2 N–H and O–H groups in total. The number of nitrogens with one attached hydrogen (secondary N) is 2. The minimum atomic E-state index is -2.98. The molecular formula is C22H25N3O5S2. The Morgan fingerprint density at radius 2 is 2.00 bits per heavy atom. The highest BCUT2D eigenvalue weighted by Crippen LogP contribution is 2.34. The second-order valence-corrected chi connectivity index (χ2v) is 11.0. The molecule has 0 radical (unpaired) electrons. The molecule has 10 heteroatoms. The highest BCUT2D eigenvalue weighted by molar-refractivity contribution is 8.15. The van der Waals surface area contributed by atoms with Crippen molar-refractivity contribution < 1.29 is 22.7 Å². The van der Waals surface area contributed by atoms with Crippen LogP contribution in [0.5, 0.6) is 11.5 Å². The van der Waals surface area contributed by atoms with E-state index in [9.17, 15) is 13.2 Å². The van der Waals surface area contributed by atoms with E-state index in [4.69, 9.17) is 9.47 Å². The summed E-state index contributed by atoms with van der Waals surface area (Å²) < 4.78 is 34.0. The summed E-state index contributed by atoms with van der Waals surface area (Å²) in [4.78, 5) is 17.1. The maximum atomic E-state index is 12.6. The fourth-order valence-corrected chi connectivity index (χ4v) is 7.42. The smallest absolute Gasteiger partial charge is 0.251 e. The molecule has 0 unspecified atom stereocenters. The molecule has 0 bridgehead atoms. The number of hydrogen-bond acceptors (Lipinski definition) is 8. The predicted octanol–water partition coefficient (Wildman–Crippen LogP) is 2.36. The van der Waals surface area contributed by atoms with Crippen LogP contribution in [0.1, 0.15) is 15.9 Å². The van der Waals surface area contributed by atoms with E-state index < -0.39 is 9.84 Å². The molecule has 2 aliphatic rings. The van der Waals surface area contributed by atoms with Gasteiger partial charge >= 0.3 is 0 Å². The summed E-state index contributed by atoms with van der Waals surface area (Å²) in [5, 5.41) is 6.81. The zero-order chi connectivity index (χ0) is 22.7. The lowest BCUT2D eigenvalue weighted by Gasteiger charge is -2.12. The van der Waals surface area contributed by atoms with Crippen LogP contribution in [0.2, 0.25) is 0 Å². The van der Waals surface area contributed by atoms with Gasteiger partial charge in [0.2, 0.25) is 0 Å². The lowest BCUT2D eigenvalue weighted by molar-refractivity contribution is 0.0954. The Kier molecular flexibility index (Phi) is 6.61. The number of hydrogen-bond donors (Lipinski definition) is 2. The summed E-state index contributed by atoms with van der Waals surface area (Å²) in [5.41, 5.74) is 2.25. The van der Waals surface area contributed by atoms with Gasteiger partial charge in [0.05, 0.1) is 31.8 Å². The summed E-state index contributed by atoms with van der Waals surface area (Å²) in [6, 6.07) is 12.6. The van der Waals surface area contributed by atoms with Gasteiger partial charge in [0, 0.05) is 29.1 Å². The Hall–Kier alpha value is -2.72. The molecule has 0 aromatic heterocycles. The Labute approximate surface area is 191 Å². The highest BCUT2D eigenvalue weighted by Gasteiger charge is 2.42. The molecule has 2 aliphatic heterocycles. The molecule has 2 heterocycles. The van der Waals surface area contributed by atoms with Crippen LogP contribution >= 0.6 is 11.8 Å². The van der Waals surface area contributed by atoms with E-state index in [1.54, 1.807) is 32.4 Å². The first kappa shape index (κ1) is 22.5. The second-order valence-electron chi connectivity index (χ2n) is 7.62. The fourth-order valence-electron chi connectivity index (χ4n) is 3.75. The lowest BCUT2D eigenvalue weighted by atomic mass is 10.1. The molecular weight excluding hydrogens is 450 g/mol. The molecule has 1 amide bonds. The highest BCUT2D eigenvalue weighted by atomic mass is 32.2. The normalized spacial score (nSPS) is 20.9. The Morgan fingerprint density at radius 1 is 1.16 bits per heavy atom. The Bertz CT molecular complexity index is 1150. The van der Waals surface area contributed by atoms with E-state index >= 15 is 0 Å². The van der Waals surface area contributed by atoms with Crippen molar-refractivity contribution in [3.05, 3.63) is 53.6 Å². The standard InChI is InChI=1S/C22H25N3O5S2/c1-29-17-7-6-14(19(11-17)30-2)8-9-23-21(26)15-4-3-5-16(10-15)24-22-25-18-12-32(27,28)13-20(18)31-22/h3-7,10-11,18,20H,8-9,12-13H2,1-2H3,(H,23,26)(H,24,25)/t18-,20+/m0/s1. The van der Waals surface area contributed by atoms with Crippen molar-refractivity contribution in [3.63, 3.8) is 0 Å². The van der Waals surface area contributed by atoms with Crippen molar-refractivity contribution in [1.29, 1.82) is 0 Å². The molecule has 1 saturated heterocycles. The molecule has 2 aromatic rings. The van der Waals surface area contributed by atoms with Gasteiger partial charge in [-0.1, -0.05) is 23.9 Å². The molecule has 2 aromatic carbocycles. The summed E-state index contributed by atoms with van der Waals surface area (Å²) in [5.74, 6) is 1.53. The zero-order valence-electron chi connectivity index (χ0n) is 17.8. The maximum Gasteiger partial charge on any atom is 0.251 e. The number of nitrogens with zero attached hydrogens (tertiary/aromatic N) is 1. The van der Waals surface area contributed by atoms with Crippen LogP contribution in [0, 0.1) is 0 Å². The van der Waals surface area contributed by atoms with Crippen LogP contribution in [0.3, 0.4) is 0 Å². The molecule has 8 nitrogen and oxygen atoms in total. The Morgan fingerprint density at radius 3 is 2.75 bits per heavy atom. The molecule has 0 aliphatic carbocycles. The van der Waals surface area contributed by atoms with E-state index in [0.717, 1.165) is 17.0 Å². The van der Waals surface area contributed by atoms with Crippen LogP contribution in [-0.4, -0.2) is 63.1 Å². The first-order chi connectivity index (χ1) is 15.4. The molecule has 1 fully saturated rings. The largest absolute Gasteiger partial charge is 0.497 e. The number of carbonyl (C=O) groups is 1. The van der Waals surface area contributed by atoms with Gasteiger partial charge in [0.25, 0.3) is 5.91 Å². The van der Waals surface area contributed by atoms with Gasteiger partial charge in [-0.15, -0.1) is 0 Å². The molecule has 2 atom stereocenters. The number of methoxy groups -OCH3 is 2. The van der Waals surface area contributed by atoms with Crippen molar-refractivity contribution in [2.24, 2.45) is 4.99 Å². The molecule has 32 heavy (non-hydrogen) atoms. The number of fused-ring (bicyclic) bond motifs is 1. The van der Waals surface area contributed by atoms with Crippen molar-refractivity contribution in [1.82, 2.24) is 5.32 Å². The van der Waals surface area contributed by atoms with Gasteiger partial charge in [-0.2, -0.15) is 0 Å². The van der Waals surface area contributed by atoms with Crippen LogP contribution < -0.4 is 20.1 Å². The number of carbonyl (C=O) groups excluding carboxylic acids is 1. The van der Waals surface area contributed by atoms with Gasteiger partial charge in [-0.3, -0.25) is 9.79 Å². The minimum Gasteiger partial charge on any atom is -0.497 e. The first-order valence-electron chi connectivity index (χ1n) is 10.2. The topological polar surface area (TPSA) is 106 Å². The van der Waals surface area contributed by atoms with Crippen LogP contribution in [0.25, 0.3) is 0 Å². The first-order valence-corrected chi connectivity index (χ1v) is 12.9. The van der Waals surface area contributed by atoms with Gasteiger partial charge < -0.3 is 20.1 Å². The van der Waals surface area contributed by atoms with E-state index in [2.05, 4.69) is 15.6 Å². The molecule has 170 valence electrons. The number of sulfone groups is 1. The monoisotopic (exact) mass is 475 g/mol. The average Bonchev–Trinajstić information content (AvgIpc) is 3.26. The number of anilines is 1. The average molecular weight is 476 g/mol. The van der Waals surface area contributed by atoms with Crippen molar-refractivity contribution in [2.45, 2.75) is 17.7 Å². The van der Waals surface area contributed by atoms with Gasteiger partial charge in [0.1, 0.15) is 11.5 Å². The quantitative estimate of drug-likeness (QED) is 0.633. The third-order valence-corrected chi connectivity index (χ3v) is 8.51. The number of ether oxygens (including phenoxy) is 2. The predicted molar refractivity (Wildman–Crippen MR) is 127 cm³/mol. The van der Waals surface area contributed by atoms with E-state index in [0.29, 0.717) is 29.4 Å². The number of amidine groups is 1. The number of thioether (sulfide) groups is 1. The molecule has 0 spiro atoms. The van der Waals surface area contributed by atoms with Crippen LogP contribution in [-0.2, 0) is 16.3 Å². The van der Waals surface area contributed by atoms with Gasteiger partial charge in [0.15, 0.2) is 15.0 Å². The van der Waals surface area contributed by atoms with Gasteiger partial charge in [-0.25, -0.2) is 8.42 Å². The van der Waals surface area contributed by atoms with Crippen LogP contribution in [0.4, 0.5) is 5.69 Å². The maximum absolute atomic E-state index is 12.6. The fraction of sp³-hybridized carbons (Fsp3) is 0.364. The van der Waals surface area contributed by atoms with E-state index in [-0.39, 0.29) is 28.7 Å². The van der Waals surface area contributed by atoms with E-state index in [1.807, 2.05) is 24.3 Å². The number of benzene rings is 2. The Balaban J connectivity index is 1.33. The second kappa shape index (κ2) is 9.41. The summed E-state index contributed by atoms with van der Waals surface area (Å²) in [7, 11) is 0.229. The van der Waals surface area contributed by atoms with Crippen LogP contribution in [0.15, 0.2) is 47.5 Å².